The Morgan fingerprint density at radius 3 is 2.76 bits per heavy atom. The molecule has 25 heavy (non-hydrogen) atoms. The van der Waals surface area contributed by atoms with E-state index in [1.165, 1.54) is 16.8 Å². The molecule has 0 saturated carbocycles. The van der Waals surface area contributed by atoms with Crippen LogP contribution in [0.15, 0.2) is 54.6 Å². The lowest BCUT2D eigenvalue weighted by Gasteiger charge is -2.19. The monoisotopic (exact) mass is 333 g/mol. The number of aryl methyl sites for hydroxylation is 2. The first-order chi connectivity index (χ1) is 12.1. The van der Waals surface area contributed by atoms with E-state index in [2.05, 4.69) is 60.7 Å². The Bertz CT molecular complexity index is 885. The molecule has 1 aromatic heterocycles. The summed E-state index contributed by atoms with van der Waals surface area (Å²) in [6.07, 6.45) is 0. The fourth-order valence-electron chi connectivity index (χ4n) is 3.50. The molecule has 0 radical (unpaired) electrons. The van der Waals surface area contributed by atoms with E-state index in [1.807, 2.05) is 29.9 Å². The van der Waals surface area contributed by atoms with Crippen molar-refractivity contribution in [2.45, 2.75) is 25.9 Å². The van der Waals surface area contributed by atoms with Gasteiger partial charge in [0.05, 0.1) is 17.4 Å². The van der Waals surface area contributed by atoms with Crippen molar-refractivity contribution in [3.05, 3.63) is 71.4 Å². The van der Waals surface area contributed by atoms with Crippen LogP contribution in [-0.2, 0) is 7.05 Å². The number of aromatic nitrogens is 2. The molecular weight excluding hydrogens is 310 g/mol. The summed E-state index contributed by atoms with van der Waals surface area (Å²) in [6.45, 7) is 4.97. The van der Waals surface area contributed by atoms with Crippen molar-refractivity contribution in [3.8, 4) is 17.0 Å². The smallest absolute Gasteiger partial charge is 0.124 e. The van der Waals surface area contributed by atoms with Gasteiger partial charge in [-0.3, -0.25) is 10.00 Å². The summed E-state index contributed by atoms with van der Waals surface area (Å²) in [5.74, 6) is 0.991. The molecule has 2 unspecified atom stereocenters. The molecule has 4 rings (SSSR count). The van der Waals surface area contributed by atoms with Gasteiger partial charge >= 0.3 is 0 Å². The highest BCUT2D eigenvalue weighted by Crippen LogP contribution is 2.34. The summed E-state index contributed by atoms with van der Waals surface area (Å²) < 4.78 is 7.79. The first-order valence-electron chi connectivity index (χ1n) is 8.70. The summed E-state index contributed by atoms with van der Waals surface area (Å²) >= 11 is 0. The number of fused-ring (bicyclic) bond motifs is 1. The molecule has 2 heterocycles. The van der Waals surface area contributed by atoms with Crippen molar-refractivity contribution in [1.82, 2.24) is 15.1 Å². The van der Waals surface area contributed by atoms with E-state index in [-0.39, 0.29) is 12.1 Å². The number of hydrogen-bond acceptors (Lipinski definition) is 3. The molecule has 2 aromatic carbocycles. The second-order valence-electron chi connectivity index (χ2n) is 6.74. The molecule has 4 nitrogen and oxygen atoms in total. The summed E-state index contributed by atoms with van der Waals surface area (Å²) in [5, 5.41) is 8.38. The number of benzene rings is 2. The van der Waals surface area contributed by atoms with Gasteiger partial charge in [-0.05, 0) is 26.0 Å². The minimum atomic E-state index is 0.176. The number of hydrogen-bond donors (Lipinski definition) is 1. The summed E-state index contributed by atoms with van der Waals surface area (Å²) in [7, 11) is 2.00. The Kier molecular flexibility index (Phi) is 4.06. The standard InChI is InChI=1S/C21H23N3O/c1-14-9-10-21-17(11-14)19(13-25-21)22-15(2)20-12-18(23-24(20)3)16-7-5-4-6-8-16/h4-12,15,19,22H,13H2,1-3H3. The molecule has 0 amide bonds. The number of ether oxygens (including phenoxy) is 1. The molecular formula is C21H23N3O. The van der Waals surface area contributed by atoms with Crippen LogP contribution in [0.3, 0.4) is 0 Å². The Morgan fingerprint density at radius 2 is 1.96 bits per heavy atom. The molecule has 2 atom stereocenters. The van der Waals surface area contributed by atoms with Crippen molar-refractivity contribution >= 4 is 0 Å². The Morgan fingerprint density at radius 1 is 1.16 bits per heavy atom. The molecule has 4 heteroatoms. The molecule has 1 N–H and O–H groups in total. The quantitative estimate of drug-likeness (QED) is 0.778. The van der Waals surface area contributed by atoms with Gasteiger partial charge in [0, 0.05) is 24.2 Å². The predicted molar refractivity (Wildman–Crippen MR) is 99.6 cm³/mol. The lowest BCUT2D eigenvalue weighted by atomic mass is 10.0. The average Bonchev–Trinajstić information content (AvgIpc) is 3.19. The Balaban J connectivity index is 1.56. The van der Waals surface area contributed by atoms with Gasteiger partial charge in [0.2, 0.25) is 0 Å². The molecule has 1 aliphatic heterocycles. The van der Waals surface area contributed by atoms with E-state index >= 15 is 0 Å². The zero-order valence-corrected chi connectivity index (χ0v) is 14.9. The highest BCUT2D eigenvalue weighted by Gasteiger charge is 2.26. The number of nitrogens with zero attached hydrogens (tertiary/aromatic N) is 2. The third-order valence-corrected chi connectivity index (χ3v) is 4.83. The van der Waals surface area contributed by atoms with Gasteiger partial charge < -0.3 is 4.74 Å². The van der Waals surface area contributed by atoms with Crippen LogP contribution in [0.1, 0.15) is 35.8 Å². The van der Waals surface area contributed by atoms with E-state index in [1.54, 1.807) is 0 Å². The summed E-state index contributed by atoms with van der Waals surface area (Å²) in [4.78, 5) is 0. The predicted octanol–water partition coefficient (Wildman–Crippen LogP) is 4.18. The molecule has 0 bridgehead atoms. The molecule has 3 aromatic rings. The van der Waals surface area contributed by atoms with Crippen molar-refractivity contribution in [2.75, 3.05) is 6.61 Å². The highest BCUT2D eigenvalue weighted by atomic mass is 16.5. The van der Waals surface area contributed by atoms with Gasteiger partial charge in [0.15, 0.2) is 0 Å². The van der Waals surface area contributed by atoms with Crippen LogP contribution in [0.25, 0.3) is 11.3 Å². The normalized spacial score (nSPS) is 17.2. The van der Waals surface area contributed by atoms with E-state index < -0.39 is 0 Å². The second kappa shape index (κ2) is 6.37. The maximum Gasteiger partial charge on any atom is 0.124 e. The Hall–Kier alpha value is -2.59. The van der Waals surface area contributed by atoms with Crippen molar-refractivity contribution in [1.29, 1.82) is 0 Å². The first kappa shape index (κ1) is 15.9. The van der Waals surface area contributed by atoms with Crippen LogP contribution in [0, 0.1) is 6.92 Å². The number of nitrogens with one attached hydrogen (secondary N) is 1. The van der Waals surface area contributed by atoms with Gasteiger partial charge in [0.1, 0.15) is 12.4 Å². The fraction of sp³-hybridized carbons (Fsp3) is 0.286. The van der Waals surface area contributed by atoms with E-state index in [9.17, 15) is 0 Å². The maximum atomic E-state index is 5.82. The van der Waals surface area contributed by atoms with Crippen molar-refractivity contribution < 1.29 is 4.74 Å². The van der Waals surface area contributed by atoms with Crippen LogP contribution >= 0.6 is 0 Å². The molecule has 0 aliphatic carbocycles. The molecule has 0 saturated heterocycles. The summed E-state index contributed by atoms with van der Waals surface area (Å²) in [5.41, 5.74) is 5.82. The fourth-order valence-corrected chi connectivity index (χ4v) is 3.50. The van der Waals surface area contributed by atoms with Crippen LogP contribution in [-0.4, -0.2) is 16.4 Å². The lowest BCUT2D eigenvalue weighted by molar-refractivity contribution is 0.298. The summed E-state index contributed by atoms with van der Waals surface area (Å²) in [6, 6.07) is 19.2. The second-order valence-corrected chi connectivity index (χ2v) is 6.74. The first-order valence-corrected chi connectivity index (χ1v) is 8.70. The highest BCUT2D eigenvalue weighted by molar-refractivity contribution is 5.59. The Labute approximate surface area is 148 Å². The third kappa shape index (κ3) is 3.05. The average molecular weight is 333 g/mol. The largest absolute Gasteiger partial charge is 0.491 e. The van der Waals surface area contributed by atoms with Gasteiger partial charge in [-0.25, -0.2) is 0 Å². The lowest BCUT2D eigenvalue weighted by Crippen LogP contribution is -2.27. The SMILES string of the molecule is Cc1ccc2c(c1)C(NC(C)c1cc(-c3ccccc3)nn1C)CO2. The zero-order valence-electron chi connectivity index (χ0n) is 14.9. The van der Waals surface area contributed by atoms with Gasteiger partial charge in [0.25, 0.3) is 0 Å². The van der Waals surface area contributed by atoms with Crippen LogP contribution in [0.4, 0.5) is 0 Å². The molecule has 0 fully saturated rings. The topological polar surface area (TPSA) is 39.1 Å². The van der Waals surface area contributed by atoms with Crippen LogP contribution in [0.2, 0.25) is 0 Å². The number of rotatable bonds is 4. The van der Waals surface area contributed by atoms with E-state index in [4.69, 9.17) is 4.74 Å². The van der Waals surface area contributed by atoms with Gasteiger partial charge in [-0.15, -0.1) is 0 Å². The molecule has 1 aliphatic rings. The van der Waals surface area contributed by atoms with Crippen molar-refractivity contribution in [2.24, 2.45) is 7.05 Å². The van der Waals surface area contributed by atoms with E-state index in [0.29, 0.717) is 6.61 Å². The van der Waals surface area contributed by atoms with Crippen LogP contribution < -0.4 is 10.1 Å². The van der Waals surface area contributed by atoms with Gasteiger partial charge in [-0.2, -0.15) is 5.10 Å². The van der Waals surface area contributed by atoms with Crippen molar-refractivity contribution in [3.63, 3.8) is 0 Å². The minimum absolute atomic E-state index is 0.176. The zero-order chi connectivity index (χ0) is 17.4. The maximum absolute atomic E-state index is 5.82. The van der Waals surface area contributed by atoms with Crippen LogP contribution in [0.5, 0.6) is 5.75 Å². The van der Waals surface area contributed by atoms with Gasteiger partial charge in [-0.1, -0.05) is 48.0 Å². The third-order valence-electron chi connectivity index (χ3n) is 4.83. The molecule has 128 valence electrons. The van der Waals surface area contributed by atoms with E-state index in [0.717, 1.165) is 17.0 Å². The molecule has 0 spiro atoms. The minimum Gasteiger partial charge on any atom is -0.491 e.